The molecule has 7 nitrogen and oxygen atoms in total. The molecule has 1 aliphatic heterocycles. The summed E-state index contributed by atoms with van der Waals surface area (Å²) >= 11 is 0. The number of amides is 1. The van der Waals surface area contributed by atoms with E-state index in [1.54, 1.807) is 25.7 Å². The minimum Gasteiger partial charge on any atom is -0.444 e. The van der Waals surface area contributed by atoms with Crippen LogP contribution in [0.25, 0.3) is 0 Å². The predicted molar refractivity (Wildman–Crippen MR) is 87.7 cm³/mol. The Labute approximate surface area is 139 Å². The standard InChI is InChI=1S/C16H22FN3O4/c1-16(2,3)24-15(21)18-11-6-5-9-19(10-11)13-8-4-7-12(17)14(13)20(22)23/h4,7-8,11H,5-6,9-10H2,1-3H3,(H,18,21)/t11-/m1/s1. The van der Waals surface area contributed by atoms with Gasteiger partial charge in [-0.15, -0.1) is 0 Å². The summed E-state index contributed by atoms with van der Waals surface area (Å²) in [7, 11) is 0. The first-order chi connectivity index (χ1) is 11.2. The number of halogens is 1. The van der Waals surface area contributed by atoms with Crippen LogP contribution in [0, 0.1) is 15.9 Å². The second kappa shape index (κ2) is 7.02. The normalized spacial score (nSPS) is 18.2. The molecule has 1 aromatic carbocycles. The predicted octanol–water partition coefficient (Wildman–Crippen LogP) is 3.23. The number of carbonyl (C=O) groups is 1. The molecule has 0 aromatic heterocycles. The van der Waals surface area contributed by atoms with Crippen LogP contribution in [0.4, 0.5) is 20.6 Å². The lowest BCUT2D eigenvalue weighted by Crippen LogP contribution is -2.49. The Balaban J connectivity index is 2.10. The van der Waals surface area contributed by atoms with Gasteiger partial charge >= 0.3 is 11.8 Å². The molecule has 0 spiro atoms. The number of anilines is 1. The van der Waals surface area contributed by atoms with Crippen molar-refractivity contribution in [3.05, 3.63) is 34.1 Å². The van der Waals surface area contributed by atoms with Gasteiger partial charge < -0.3 is 15.0 Å². The van der Waals surface area contributed by atoms with E-state index in [0.717, 1.165) is 18.9 Å². The van der Waals surface area contributed by atoms with Gasteiger partial charge in [-0.05, 0) is 45.7 Å². The zero-order chi connectivity index (χ0) is 17.9. The first-order valence-corrected chi connectivity index (χ1v) is 7.85. The van der Waals surface area contributed by atoms with E-state index in [2.05, 4.69) is 5.32 Å². The molecule has 1 atom stereocenters. The molecule has 1 saturated heterocycles. The zero-order valence-electron chi connectivity index (χ0n) is 14.0. The van der Waals surface area contributed by atoms with E-state index in [1.165, 1.54) is 12.1 Å². The highest BCUT2D eigenvalue weighted by molar-refractivity contribution is 5.69. The summed E-state index contributed by atoms with van der Waals surface area (Å²) in [5.74, 6) is -0.861. The Bertz CT molecular complexity index is 630. The van der Waals surface area contributed by atoms with Gasteiger partial charge in [0, 0.05) is 19.1 Å². The Morgan fingerprint density at radius 1 is 1.46 bits per heavy atom. The van der Waals surface area contributed by atoms with E-state index < -0.39 is 28.1 Å². The van der Waals surface area contributed by atoms with Crippen LogP contribution in [0.2, 0.25) is 0 Å². The van der Waals surface area contributed by atoms with Gasteiger partial charge in [0.15, 0.2) is 0 Å². The number of nitrogens with one attached hydrogen (secondary N) is 1. The van der Waals surface area contributed by atoms with Crippen LogP contribution >= 0.6 is 0 Å². The highest BCUT2D eigenvalue weighted by Crippen LogP contribution is 2.32. The molecule has 0 bridgehead atoms. The molecule has 0 radical (unpaired) electrons. The van der Waals surface area contributed by atoms with Gasteiger partial charge in [0.25, 0.3) is 0 Å². The van der Waals surface area contributed by atoms with E-state index >= 15 is 0 Å². The van der Waals surface area contributed by atoms with Crippen molar-refractivity contribution < 1.29 is 18.8 Å². The Morgan fingerprint density at radius 2 is 2.17 bits per heavy atom. The summed E-state index contributed by atoms with van der Waals surface area (Å²) in [6, 6.07) is 3.83. The van der Waals surface area contributed by atoms with Crippen LogP contribution in [-0.2, 0) is 4.74 Å². The third-order valence-electron chi connectivity index (χ3n) is 3.63. The fraction of sp³-hybridized carbons (Fsp3) is 0.562. The molecule has 1 aliphatic rings. The van der Waals surface area contributed by atoms with Crippen LogP contribution in [0.15, 0.2) is 18.2 Å². The molecular weight excluding hydrogens is 317 g/mol. The van der Waals surface area contributed by atoms with Gasteiger partial charge in [-0.1, -0.05) is 6.07 Å². The minimum absolute atomic E-state index is 0.212. The lowest BCUT2D eigenvalue weighted by molar-refractivity contribution is -0.386. The van der Waals surface area contributed by atoms with Crippen molar-refractivity contribution >= 4 is 17.5 Å². The molecule has 0 unspecified atom stereocenters. The maximum absolute atomic E-state index is 13.8. The van der Waals surface area contributed by atoms with Crippen LogP contribution in [-0.4, -0.2) is 35.7 Å². The van der Waals surface area contributed by atoms with Crippen molar-refractivity contribution in [3.63, 3.8) is 0 Å². The molecule has 2 rings (SSSR count). The maximum atomic E-state index is 13.8. The lowest BCUT2D eigenvalue weighted by atomic mass is 10.0. The van der Waals surface area contributed by atoms with Crippen molar-refractivity contribution in [3.8, 4) is 0 Å². The quantitative estimate of drug-likeness (QED) is 0.675. The third-order valence-corrected chi connectivity index (χ3v) is 3.63. The summed E-state index contributed by atoms with van der Waals surface area (Å²) in [5.41, 5.74) is -0.897. The highest BCUT2D eigenvalue weighted by atomic mass is 19.1. The number of nitrogens with zero attached hydrogens (tertiary/aromatic N) is 2. The number of ether oxygens (including phenoxy) is 1. The molecule has 0 saturated carbocycles. The Morgan fingerprint density at radius 3 is 2.79 bits per heavy atom. The molecule has 24 heavy (non-hydrogen) atoms. The second-order valence-corrected chi connectivity index (χ2v) is 6.80. The molecule has 1 fully saturated rings. The van der Waals surface area contributed by atoms with Crippen LogP contribution in [0.1, 0.15) is 33.6 Å². The molecule has 1 N–H and O–H groups in total. The molecule has 1 aromatic rings. The van der Waals surface area contributed by atoms with Crippen molar-refractivity contribution in [2.24, 2.45) is 0 Å². The summed E-state index contributed by atoms with van der Waals surface area (Å²) in [5, 5.41) is 13.9. The average molecular weight is 339 g/mol. The van der Waals surface area contributed by atoms with E-state index in [4.69, 9.17) is 4.74 Å². The monoisotopic (exact) mass is 339 g/mol. The van der Waals surface area contributed by atoms with Crippen LogP contribution in [0.5, 0.6) is 0 Å². The number of hydrogen-bond donors (Lipinski definition) is 1. The van der Waals surface area contributed by atoms with Crippen molar-refractivity contribution in [1.29, 1.82) is 0 Å². The fourth-order valence-electron chi connectivity index (χ4n) is 2.73. The second-order valence-electron chi connectivity index (χ2n) is 6.80. The van der Waals surface area contributed by atoms with Crippen molar-refractivity contribution in [1.82, 2.24) is 5.32 Å². The molecular formula is C16H22FN3O4. The zero-order valence-corrected chi connectivity index (χ0v) is 14.0. The first-order valence-electron chi connectivity index (χ1n) is 7.85. The van der Waals surface area contributed by atoms with Gasteiger partial charge in [-0.2, -0.15) is 4.39 Å². The van der Waals surface area contributed by atoms with E-state index in [1.807, 2.05) is 0 Å². The maximum Gasteiger partial charge on any atom is 0.407 e. The lowest BCUT2D eigenvalue weighted by Gasteiger charge is -2.34. The Kier molecular flexibility index (Phi) is 5.26. The summed E-state index contributed by atoms with van der Waals surface area (Å²) in [6.07, 6.45) is 0.940. The number of benzene rings is 1. The van der Waals surface area contributed by atoms with E-state index in [0.29, 0.717) is 13.1 Å². The van der Waals surface area contributed by atoms with E-state index in [-0.39, 0.29) is 11.7 Å². The first kappa shape index (κ1) is 18.0. The average Bonchev–Trinajstić information content (AvgIpc) is 2.44. The number of piperidine rings is 1. The number of alkyl carbamates (subject to hydrolysis) is 1. The van der Waals surface area contributed by atoms with Crippen molar-refractivity contribution in [2.45, 2.75) is 45.3 Å². The van der Waals surface area contributed by atoms with Gasteiger partial charge in [0.1, 0.15) is 11.3 Å². The van der Waals surface area contributed by atoms with Gasteiger partial charge in [-0.3, -0.25) is 10.1 Å². The summed E-state index contributed by atoms with van der Waals surface area (Å²) in [4.78, 5) is 24.0. The van der Waals surface area contributed by atoms with Crippen LogP contribution in [0.3, 0.4) is 0 Å². The SMILES string of the molecule is CC(C)(C)OC(=O)N[C@@H]1CCCN(c2cccc(F)c2[N+](=O)[O-])C1. The smallest absolute Gasteiger partial charge is 0.407 e. The molecule has 132 valence electrons. The number of hydrogen-bond acceptors (Lipinski definition) is 5. The highest BCUT2D eigenvalue weighted by Gasteiger charge is 2.29. The van der Waals surface area contributed by atoms with Gasteiger partial charge in [-0.25, -0.2) is 4.79 Å². The largest absolute Gasteiger partial charge is 0.444 e. The number of para-hydroxylation sites is 1. The number of rotatable bonds is 3. The minimum atomic E-state index is -0.861. The van der Waals surface area contributed by atoms with Gasteiger partial charge in [0.2, 0.25) is 5.82 Å². The summed E-state index contributed by atoms with van der Waals surface area (Å²) in [6.45, 7) is 6.25. The van der Waals surface area contributed by atoms with Crippen molar-refractivity contribution in [2.75, 3.05) is 18.0 Å². The van der Waals surface area contributed by atoms with Gasteiger partial charge in [0.05, 0.1) is 4.92 Å². The van der Waals surface area contributed by atoms with E-state index in [9.17, 15) is 19.3 Å². The number of nitro groups is 1. The third kappa shape index (κ3) is 4.56. The number of nitro benzene ring substituents is 1. The topological polar surface area (TPSA) is 84.7 Å². The number of carbonyl (C=O) groups excluding carboxylic acids is 1. The molecule has 1 heterocycles. The molecule has 0 aliphatic carbocycles. The molecule has 8 heteroatoms. The fourth-order valence-corrected chi connectivity index (χ4v) is 2.73. The summed E-state index contributed by atoms with van der Waals surface area (Å²) < 4.78 is 19.0. The Hall–Kier alpha value is -2.38. The van der Waals surface area contributed by atoms with Crippen LogP contribution < -0.4 is 10.2 Å². The molecule has 1 amide bonds.